The average molecular weight is 303 g/mol. The minimum Gasteiger partial charge on any atom is -0.480 e. The molecule has 0 aliphatic carbocycles. The molecule has 0 saturated carbocycles. The molecule has 0 spiro atoms. The summed E-state index contributed by atoms with van der Waals surface area (Å²) in [7, 11) is 0. The van der Waals surface area contributed by atoms with Crippen molar-refractivity contribution >= 4 is 18.0 Å². The van der Waals surface area contributed by atoms with Crippen molar-refractivity contribution < 1.29 is 29.0 Å². The summed E-state index contributed by atoms with van der Waals surface area (Å²) >= 11 is 0. The van der Waals surface area contributed by atoms with Crippen LogP contribution in [0, 0.1) is 5.41 Å². The van der Waals surface area contributed by atoms with Gasteiger partial charge in [0.25, 0.3) is 0 Å². The van der Waals surface area contributed by atoms with E-state index in [0.29, 0.717) is 0 Å². The number of ether oxygens (including phenoxy) is 2. The lowest BCUT2D eigenvalue weighted by molar-refractivity contribution is -0.155. The molecule has 0 bridgehead atoms. The molecule has 0 atom stereocenters. The second kappa shape index (κ2) is 7.28. The Morgan fingerprint density at radius 1 is 1.00 bits per heavy atom. The van der Waals surface area contributed by atoms with Gasteiger partial charge in [-0.05, 0) is 26.2 Å². The number of esters is 1. The van der Waals surface area contributed by atoms with E-state index in [4.69, 9.17) is 14.6 Å². The van der Waals surface area contributed by atoms with Crippen LogP contribution in [0.15, 0.2) is 0 Å². The quantitative estimate of drug-likeness (QED) is 0.618. The highest BCUT2D eigenvalue weighted by Gasteiger charge is 2.30. The zero-order valence-corrected chi connectivity index (χ0v) is 13.6. The molecule has 0 aliphatic rings. The van der Waals surface area contributed by atoms with Crippen molar-refractivity contribution in [3.05, 3.63) is 0 Å². The Morgan fingerprint density at radius 3 is 1.90 bits per heavy atom. The summed E-state index contributed by atoms with van der Waals surface area (Å²) in [6.45, 7) is 9.68. The van der Waals surface area contributed by atoms with Crippen LogP contribution in [0.5, 0.6) is 0 Å². The lowest BCUT2D eigenvalue weighted by Gasteiger charge is -2.33. The molecule has 122 valence electrons. The van der Waals surface area contributed by atoms with Crippen LogP contribution in [0.25, 0.3) is 0 Å². The van der Waals surface area contributed by atoms with Crippen molar-refractivity contribution in [2.45, 2.75) is 53.5 Å². The van der Waals surface area contributed by atoms with Gasteiger partial charge in [0.2, 0.25) is 6.79 Å². The smallest absolute Gasteiger partial charge is 0.413 e. The number of amides is 1. The molecule has 1 N–H and O–H groups in total. The fourth-order valence-corrected chi connectivity index (χ4v) is 1.42. The molecular weight excluding hydrogens is 278 g/mol. The first-order valence-corrected chi connectivity index (χ1v) is 6.65. The molecular formula is C14H25NO6. The number of rotatable bonds is 5. The molecule has 21 heavy (non-hydrogen) atoms. The van der Waals surface area contributed by atoms with Crippen molar-refractivity contribution in [1.29, 1.82) is 0 Å². The number of carboxylic acids is 1. The topological polar surface area (TPSA) is 93.1 Å². The molecule has 0 aromatic heterocycles. The first-order chi connectivity index (χ1) is 9.33. The van der Waals surface area contributed by atoms with Gasteiger partial charge in [0, 0.05) is 5.54 Å². The van der Waals surface area contributed by atoms with Gasteiger partial charge < -0.3 is 14.6 Å². The third kappa shape index (κ3) is 8.88. The fraction of sp³-hybridized carbons (Fsp3) is 0.786. The summed E-state index contributed by atoms with van der Waals surface area (Å²) in [5, 5.41) is 8.80. The summed E-state index contributed by atoms with van der Waals surface area (Å²) in [4.78, 5) is 35.1. The minimum atomic E-state index is -1.15. The zero-order valence-electron chi connectivity index (χ0n) is 13.6. The van der Waals surface area contributed by atoms with Gasteiger partial charge in [-0.1, -0.05) is 20.8 Å². The van der Waals surface area contributed by atoms with Crippen molar-refractivity contribution in [1.82, 2.24) is 4.90 Å². The summed E-state index contributed by atoms with van der Waals surface area (Å²) in [5.74, 6) is -1.62. The number of carboxylic acid groups (broad SMARTS) is 1. The molecule has 1 amide bonds. The van der Waals surface area contributed by atoms with Crippen molar-refractivity contribution in [3.63, 3.8) is 0 Å². The molecule has 0 saturated heterocycles. The number of hydrogen-bond donors (Lipinski definition) is 1. The third-order valence-electron chi connectivity index (χ3n) is 2.40. The Labute approximate surface area is 125 Å². The Morgan fingerprint density at radius 2 is 1.52 bits per heavy atom. The highest BCUT2D eigenvalue weighted by molar-refractivity contribution is 5.77. The minimum absolute atomic E-state index is 0.197. The Balaban J connectivity index is 4.39. The van der Waals surface area contributed by atoms with Crippen molar-refractivity contribution in [3.8, 4) is 0 Å². The fourth-order valence-electron chi connectivity index (χ4n) is 1.42. The predicted molar refractivity (Wildman–Crippen MR) is 75.6 cm³/mol. The molecule has 0 rings (SSSR count). The van der Waals surface area contributed by atoms with E-state index < -0.39 is 36.9 Å². The van der Waals surface area contributed by atoms with E-state index >= 15 is 0 Å². The number of aliphatic carboxylic acids is 1. The molecule has 0 fully saturated rings. The van der Waals surface area contributed by atoms with Crippen LogP contribution in [-0.4, -0.2) is 46.9 Å². The van der Waals surface area contributed by atoms with Crippen molar-refractivity contribution in [2.75, 3.05) is 13.3 Å². The molecule has 7 nitrogen and oxygen atoms in total. The van der Waals surface area contributed by atoms with Crippen LogP contribution >= 0.6 is 0 Å². The van der Waals surface area contributed by atoms with Gasteiger partial charge in [0.05, 0.1) is 6.42 Å². The summed E-state index contributed by atoms with van der Waals surface area (Å²) < 4.78 is 9.60. The summed E-state index contributed by atoms with van der Waals surface area (Å²) in [6.07, 6.45) is -0.642. The van der Waals surface area contributed by atoms with E-state index in [1.54, 1.807) is 20.8 Å². The normalized spacial score (nSPS) is 11.7. The van der Waals surface area contributed by atoms with E-state index in [2.05, 4.69) is 0 Å². The largest absolute Gasteiger partial charge is 0.480 e. The first kappa shape index (κ1) is 19.2. The standard InChI is InChI=1S/C14H25NO6/c1-13(2,3)7-11(18)20-9-21-12(19)15(8-10(16)17)14(4,5)6/h7-9H2,1-6H3,(H,16,17). The lowest BCUT2D eigenvalue weighted by atomic mass is 9.93. The van der Waals surface area contributed by atoms with Crippen LogP contribution in [0.2, 0.25) is 0 Å². The van der Waals surface area contributed by atoms with Crippen LogP contribution < -0.4 is 0 Å². The van der Waals surface area contributed by atoms with Gasteiger partial charge in [-0.3, -0.25) is 14.5 Å². The van der Waals surface area contributed by atoms with E-state index in [-0.39, 0.29) is 11.8 Å². The van der Waals surface area contributed by atoms with Gasteiger partial charge in [0.15, 0.2) is 0 Å². The SMILES string of the molecule is CC(C)(C)CC(=O)OCOC(=O)N(CC(=O)O)C(C)(C)C. The van der Waals surface area contributed by atoms with Gasteiger partial charge >= 0.3 is 18.0 Å². The second-order valence-electron chi connectivity index (χ2n) is 6.93. The molecule has 0 aromatic carbocycles. The van der Waals surface area contributed by atoms with E-state index in [9.17, 15) is 14.4 Å². The van der Waals surface area contributed by atoms with Crippen LogP contribution in [0.3, 0.4) is 0 Å². The molecule has 0 unspecified atom stereocenters. The maximum atomic E-state index is 11.8. The van der Waals surface area contributed by atoms with Gasteiger partial charge in [-0.25, -0.2) is 4.79 Å². The maximum Gasteiger partial charge on any atom is 0.413 e. The zero-order chi connectivity index (χ0) is 16.8. The Hall–Kier alpha value is -1.79. The molecule has 0 radical (unpaired) electrons. The van der Waals surface area contributed by atoms with Crippen LogP contribution in [0.1, 0.15) is 48.0 Å². The Kier molecular flexibility index (Phi) is 6.66. The first-order valence-electron chi connectivity index (χ1n) is 6.65. The third-order valence-corrected chi connectivity index (χ3v) is 2.40. The monoisotopic (exact) mass is 303 g/mol. The molecule has 0 aromatic rings. The molecule has 0 heterocycles. The Bertz CT molecular complexity index is 391. The van der Waals surface area contributed by atoms with Crippen LogP contribution in [-0.2, 0) is 19.1 Å². The van der Waals surface area contributed by atoms with Gasteiger partial charge in [-0.2, -0.15) is 0 Å². The number of carbonyl (C=O) groups excluding carboxylic acids is 2. The maximum absolute atomic E-state index is 11.8. The summed E-state index contributed by atoms with van der Waals surface area (Å²) in [5.41, 5.74) is -0.938. The molecule has 0 aliphatic heterocycles. The van der Waals surface area contributed by atoms with E-state index in [0.717, 1.165) is 4.90 Å². The predicted octanol–water partition coefficient (Wildman–Crippen LogP) is 2.25. The van der Waals surface area contributed by atoms with E-state index in [1.165, 1.54) is 0 Å². The lowest BCUT2D eigenvalue weighted by Crippen LogP contribution is -2.48. The van der Waals surface area contributed by atoms with E-state index in [1.807, 2.05) is 20.8 Å². The van der Waals surface area contributed by atoms with Crippen LogP contribution in [0.4, 0.5) is 4.79 Å². The highest BCUT2D eigenvalue weighted by Crippen LogP contribution is 2.19. The number of nitrogens with zero attached hydrogens (tertiary/aromatic N) is 1. The van der Waals surface area contributed by atoms with Gasteiger partial charge in [0.1, 0.15) is 6.54 Å². The number of carbonyl (C=O) groups is 3. The number of hydrogen-bond acceptors (Lipinski definition) is 5. The second-order valence-corrected chi connectivity index (χ2v) is 6.93. The van der Waals surface area contributed by atoms with Crippen molar-refractivity contribution in [2.24, 2.45) is 5.41 Å². The summed E-state index contributed by atoms with van der Waals surface area (Å²) in [6, 6.07) is 0. The highest BCUT2D eigenvalue weighted by atomic mass is 16.7. The molecule has 7 heteroatoms. The average Bonchev–Trinajstić information content (AvgIpc) is 2.21. The van der Waals surface area contributed by atoms with Gasteiger partial charge in [-0.15, -0.1) is 0 Å².